The van der Waals surface area contributed by atoms with E-state index in [9.17, 15) is 45.6 Å². The molecule has 0 bridgehead atoms. The highest BCUT2D eigenvalue weighted by Crippen LogP contribution is 2.30. The average molecular weight is 1070 g/mol. The lowest BCUT2D eigenvalue weighted by Crippen LogP contribution is -2.65. The summed E-state index contributed by atoms with van der Waals surface area (Å²) in [6, 6.07) is -0.934. The van der Waals surface area contributed by atoms with E-state index < -0.39 is 86.8 Å². The first-order valence-corrected chi connectivity index (χ1v) is 30.7. The van der Waals surface area contributed by atoms with Crippen molar-refractivity contribution in [2.75, 3.05) is 19.8 Å². The number of rotatable bonds is 49. The van der Waals surface area contributed by atoms with Gasteiger partial charge in [0.05, 0.1) is 32.0 Å². The molecule has 2 fully saturated rings. The van der Waals surface area contributed by atoms with Crippen LogP contribution in [0.3, 0.4) is 0 Å². The molecule has 0 radical (unpaired) electrons. The molecular weight excluding hydrogens is 955 g/mol. The molecule has 9 N–H and O–H groups in total. The number of amides is 1. The van der Waals surface area contributed by atoms with Gasteiger partial charge in [-0.3, -0.25) is 4.79 Å². The van der Waals surface area contributed by atoms with E-state index in [0.717, 1.165) is 44.9 Å². The van der Waals surface area contributed by atoms with Gasteiger partial charge in [0.15, 0.2) is 12.6 Å². The number of aliphatic hydroxyl groups excluding tert-OH is 8. The topological polar surface area (TPSA) is 228 Å². The highest BCUT2D eigenvalue weighted by molar-refractivity contribution is 5.76. The number of aliphatic hydroxyl groups is 8. The second-order valence-electron chi connectivity index (χ2n) is 21.8. The molecule has 12 atom stereocenters. The van der Waals surface area contributed by atoms with Gasteiger partial charge in [-0.1, -0.05) is 237 Å². The Labute approximate surface area is 455 Å². The zero-order valence-corrected chi connectivity index (χ0v) is 47.3. The van der Waals surface area contributed by atoms with Crippen LogP contribution in [0.5, 0.6) is 0 Å². The Hall–Kier alpha value is -1.79. The fourth-order valence-corrected chi connectivity index (χ4v) is 10.1. The van der Waals surface area contributed by atoms with Crippen LogP contribution in [0.15, 0.2) is 36.5 Å². The highest BCUT2D eigenvalue weighted by Gasteiger charge is 2.51. The van der Waals surface area contributed by atoms with Gasteiger partial charge in [-0.05, 0) is 44.9 Å². The maximum atomic E-state index is 13.2. The number of hydrogen-bond donors (Lipinski definition) is 9. The van der Waals surface area contributed by atoms with Crippen molar-refractivity contribution in [1.82, 2.24) is 5.32 Å². The minimum Gasteiger partial charge on any atom is -0.394 e. The summed E-state index contributed by atoms with van der Waals surface area (Å²) in [5.74, 6) is -0.255. The van der Waals surface area contributed by atoms with Crippen molar-refractivity contribution >= 4 is 5.91 Å². The smallest absolute Gasteiger partial charge is 0.220 e. The van der Waals surface area contributed by atoms with E-state index in [1.54, 1.807) is 6.08 Å². The molecule has 0 aromatic carbocycles. The minimum absolute atomic E-state index is 0.255. The first kappa shape index (κ1) is 69.3. The Kier molecular flexibility index (Phi) is 43.5. The van der Waals surface area contributed by atoms with Crippen LogP contribution < -0.4 is 5.32 Å². The Morgan fingerprint density at radius 2 is 0.853 bits per heavy atom. The van der Waals surface area contributed by atoms with Gasteiger partial charge in [0.25, 0.3) is 0 Å². The van der Waals surface area contributed by atoms with E-state index in [4.69, 9.17) is 18.9 Å². The first-order valence-electron chi connectivity index (χ1n) is 30.7. The molecule has 440 valence electrons. The van der Waals surface area contributed by atoms with E-state index in [-0.39, 0.29) is 18.9 Å². The van der Waals surface area contributed by atoms with Gasteiger partial charge in [-0.25, -0.2) is 0 Å². The van der Waals surface area contributed by atoms with Gasteiger partial charge >= 0.3 is 0 Å². The zero-order valence-electron chi connectivity index (χ0n) is 47.3. The zero-order chi connectivity index (χ0) is 54.6. The molecule has 14 heteroatoms. The van der Waals surface area contributed by atoms with Crippen LogP contribution in [0, 0.1) is 0 Å². The summed E-state index contributed by atoms with van der Waals surface area (Å²) in [4.78, 5) is 13.2. The molecule has 2 saturated heterocycles. The number of hydrogen-bond acceptors (Lipinski definition) is 13. The Morgan fingerprint density at radius 1 is 0.467 bits per heavy atom. The summed E-state index contributed by atoms with van der Waals surface area (Å²) in [7, 11) is 0. The van der Waals surface area contributed by atoms with E-state index in [0.29, 0.717) is 12.8 Å². The molecule has 2 aliphatic heterocycles. The molecule has 2 aliphatic rings. The van der Waals surface area contributed by atoms with E-state index >= 15 is 0 Å². The molecule has 0 aliphatic carbocycles. The summed E-state index contributed by atoms with van der Waals surface area (Å²) in [5, 5.41) is 86.9. The molecule has 2 rings (SSSR count). The number of nitrogens with one attached hydrogen (secondary N) is 1. The molecular formula is C61H113NO13. The number of unbranched alkanes of at least 4 members (excludes halogenated alkanes) is 32. The molecule has 0 aromatic heterocycles. The minimum atomic E-state index is -1.79. The monoisotopic (exact) mass is 1070 g/mol. The summed E-state index contributed by atoms with van der Waals surface area (Å²) >= 11 is 0. The van der Waals surface area contributed by atoms with Gasteiger partial charge in [-0.15, -0.1) is 0 Å². The van der Waals surface area contributed by atoms with Crippen LogP contribution in [0.4, 0.5) is 0 Å². The lowest BCUT2D eigenvalue weighted by atomic mass is 9.97. The van der Waals surface area contributed by atoms with Gasteiger partial charge in [0, 0.05) is 6.42 Å². The Morgan fingerprint density at radius 3 is 1.31 bits per heavy atom. The molecule has 1 amide bonds. The predicted molar refractivity (Wildman–Crippen MR) is 300 cm³/mol. The number of ether oxygens (including phenoxy) is 4. The summed E-state index contributed by atoms with van der Waals surface area (Å²) < 4.78 is 22.7. The normalized spacial score (nSPS) is 25.3. The van der Waals surface area contributed by atoms with E-state index in [1.165, 1.54) is 173 Å². The van der Waals surface area contributed by atoms with Crippen LogP contribution in [0.2, 0.25) is 0 Å². The third-order valence-electron chi connectivity index (χ3n) is 15.1. The van der Waals surface area contributed by atoms with Crippen LogP contribution >= 0.6 is 0 Å². The molecule has 2 heterocycles. The molecule has 0 saturated carbocycles. The van der Waals surface area contributed by atoms with Crippen LogP contribution in [0.1, 0.15) is 251 Å². The van der Waals surface area contributed by atoms with Crippen molar-refractivity contribution in [2.24, 2.45) is 0 Å². The van der Waals surface area contributed by atoms with Gasteiger partial charge in [0.2, 0.25) is 5.91 Å². The van der Waals surface area contributed by atoms with Crippen LogP contribution in [0.25, 0.3) is 0 Å². The molecule has 75 heavy (non-hydrogen) atoms. The highest BCUT2D eigenvalue weighted by atomic mass is 16.7. The van der Waals surface area contributed by atoms with Crippen LogP contribution in [-0.2, 0) is 23.7 Å². The largest absolute Gasteiger partial charge is 0.394 e. The fourth-order valence-electron chi connectivity index (χ4n) is 10.1. The maximum absolute atomic E-state index is 13.2. The summed E-state index contributed by atoms with van der Waals surface area (Å²) in [6.07, 6.45) is 40.9. The molecule has 12 unspecified atom stereocenters. The second-order valence-corrected chi connectivity index (χ2v) is 21.8. The SMILES string of the molecule is CCCCCCCCCCCCCCCCCCCCCCC/C=C/CC/C=C/CC/C=C/C(O)C(COC1OC(CO)C(OC2OC(CO)C(O)C(O)C2O)C(O)C1O)NC(=O)CCCCCCCCCCCC. The number of carbonyl (C=O) groups is 1. The maximum Gasteiger partial charge on any atom is 0.220 e. The standard InChI is InChI=1S/C61H113NO13/c1-3-5-7-9-11-13-15-16-17-18-19-20-21-22-23-24-25-26-27-28-29-30-31-32-33-34-35-36-38-40-42-44-50(65)49(62-53(66)45-43-41-39-37-14-12-10-8-6-4-2)48-72-60-58(71)56(69)59(52(47-64)74-60)75-61-57(70)55(68)54(67)51(46-63)73-61/h31-32,35-36,42,44,49-52,54-61,63-65,67-71H,3-30,33-34,37-41,43,45-48H2,1-2H3,(H,62,66)/b32-31+,36-35+,44-42+. The third-order valence-corrected chi connectivity index (χ3v) is 15.1. The Bertz CT molecular complexity index is 1400. The van der Waals surface area contributed by atoms with E-state index in [1.807, 2.05) is 6.08 Å². The van der Waals surface area contributed by atoms with Crippen molar-refractivity contribution in [3.05, 3.63) is 36.5 Å². The summed E-state index contributed by atoms with van der Waals surface area (Å²) in [6.45, 7) is 2.76. The fraction of sp³-hybridized carbons (Fsp3) is 0.885. The Balaban J connectivity index is 1.68. The van der Waals surface area contributed by atoms with Crippen LogP contribution in [-0.4, -0.2) is 140 Å². The van der Waals surface area contributed by atoms with Gasteiger partial charge < -0.3 is 65.1 Å². The van der Waals surface area contributed by atoms with Crippen molar-refractivity contribution in [3.63, 3.8) is 0 Å². The van der Waals surface area contributed by atoms with Gasteiger partial charge in [0.1, 0.15) is 48.8 Å². The lowest BCUT2D eigenvalue weighted by molar-refractivity contribution is -0.359. The average Bonchev–Trinajstić information content (AvgIpc) is 3.41. The van der Waals surface area contributed by atoms with Crippen molar-refractivity contribution in [1.29, 1.82) is 0 Å². The summed E-state index contributed by atoms with van der Waals surface area (Å²) in [5.41, 5.74) is 0. The first-order chi connectivity index (χ1) is 36.6. The van der Waals surface area contributed by atoms with E-state index in [2.05, 4.69) is 43.5 Å². The number of carbonyl (C=O) groups excluding carboxylic acids is 1. The van der Waals surface area contributed by atoms with Crippen molar-refractivity contribution < 1.29 is 64.6 Å². The molecule has 14 nitrogen and oxygen atoms in total. The second kappa shape index (κ2) is 47.1. The van der Waals surface area contributed by atoms with Gasteiger partial charge in [-0.2, -0.15) is 0 Å². The predicted octanol–water partition coefficient (Wildman–Crippen LogP) is 10.6. The van der Waals surface area contributed by atoms with Crippen molar-refractivity contribution in [2.45, 2.75) is 325 Å². The van der Waals surface area contributed by atoms with Crippen molar-refractivity contribution in [3.8, 4) is 0 Å². The lowest BCUT2D eigenvalue weighted by Gasteiger charge is -2.46. The molecule has 0 aromatic rings. The molecule has 0 spiro atoms. The third kappa shape index (κ3) is 32.8. The quantitative estimate of drug-likeness (QED) is 0.0204. The number of allylic oxidation sites excluding steroid dienone is 5.